The Labute approximate surface area is 196 Å². The minimum atomic E-state index is -0.655. The molecule has 0 fully saturated rings. The molecule has 4 aromatic rings. The summed E-state index contributed by atoms with van der Waals surface area (Å²) in [6.45, 7) is 0.156. The van der Waals surface area contributed by atoms with Crippen LogP contribution in [0, 0.1) is 0 Å². The molecule has 1 unspecified atom stereocenters. The highest BCUT2D eigenvalue weighted by Crippen LogP contribution is 2.42. The van der Waals surface area contributed by atoms with Gasteiger partial charge in [0.1, 0.15) is 41.3 Å². The van der Waals surface area contributed by atoms with E-state index >= 15 is 0 Å². The number of aromatic amines is 1. The second-order valence-electron chi connectivity index (χ2n) is 8.35. The molecular weight excluding hydrogens is 434 g/mol. The topological polar surface area (TPSA) is 101 Å². The summed E-state index contributed by atoms with van der Waals surface area (Å²) >= 11 is 0. The number of aliphatic hydroxyl groups is 1. The first kappa shape index (κ1) is 21.9. The summed E-state index contributed by atoms with van der Waals surface area (Å²) < 4.78 is 16.9. The zero-order valence-electron chi connectivity index (χ0n) is 18.7. The largest absolute Gasteiger partial charge is 0.507 e. The maximum absolute atomic E-state index is 12.6. The van der Waals surface area contributed by atoms with Crippen molar-refractivity contribution in [3.05, 3.63) is 83.6 Å². The number of nitrogens with one attached hydrogen (secondary N) is 1. The molecule has 0 saturated carbocycles. The van der Waals surface area contributed by atoms with Gasteiger partial charge in [0.25, 0.3) is 0 Å². The van der Waals surface area contributed by atoms with E-state index in [2.05, 4.69) is 4.98 Å². The molecule has 174 valence electrons. The Balaban J connectivity index is 1.22. The van der Waals surface area contributed by atoms with Gasteiger partial charge in [-0.2, -0.15) is 0 Å². The summed E-state index contributed by atoms with van der Waals surface area (Å²) in [6, 6.07) is 18.2. The van der Waals surface area contributed by atoms with Gasteiger partial charge in [0.15, 0.2) is 5.78 Å². The van der Waals surface area contributed by atoms with Crippen molar-refractivity contribution >= 4 is 16.7 Å². The SMILES string of the molecule is COc1cc(O)c2c(c1)O[C@H](c1ccc(OCC(O)Cc3c[nH]c4ccccc34)cc1)CC2=O. The van der Waals surface area contributed by atoms with Gasteiger partial charge in [0, 0.05) is 35.7 Å². The fourth-order valence-corrected chi connectivity index (χ4v) is 4.30. The van der Waals surface area contributed by atoms with E-state index in [0.29, 0.717) is 23.7 Å². The van der Waals surface area contributed by atoms with Crippen molar-refractivity contribution in [3.8, 4) is 23.0 Å². The van der Waals surface area contributed by atoms with E-state index in [0.717, 1.165) is 22.0 Å². The monoisotopic (exact) mass is 459 g/mol. The van der Waals surface area contributed by atoms with Crippen molar-refractivity contribution in [2.45, 2.75) is 25.0 Å². The number of carbonyl (C=O) groups excluding carboxylic acids is 1. The molecule has 3 N–H and O–H groups in total. The highest BCUT2D eigenvalue weighted by Gasteiger charge is 2.31. The molecule has 3 aromatic carbocycles. The molecule has 0 bridgehead atoms. The number of aliphatic hydroxyl groups excluding tert-OH is 1. The van der Waals surface area contributed by atoms with Crippen molar-refractivity contribution in [3.63, 3.8) is 0 Å². The van der Waals surface area contributed by atoms with Gasteiger partial charge in [0.05, 0.1) is 19.6 Å². The number of H-pyrrole nitrogens is 1. The van der Waals surface area contributed by atoms with Crippen LogP contribution in [0.5, 0.6) is 23.0 Å². The number of para-hydroxylation sites is 1. The number of methoxy groups -OCH3 is 1. The Hall–Kier alpha value is -3.97. The summed E-state index contributed by atoms with van der Waals surface area (Å²) in [4.78, 5) is 15.8. The van der Waals surface area contributed by atoms with Crippen molar-refractivity contribution < 1.29 is 29.2 Å². The van der Waals surface area contributed by atoms with Crippen LogP contribution in [0.4, 0.5) is 0 Å². The van der Waals surface area contributed by atoms with E-state index in [4.69, 9.17) is 14.2 Å². The predicted octanol–water partition coefficient (Wildman–Crippen LogP) is 4.57. The van der Waals surface area contributed by atoms with Crippen LogP contribution >= 0.6 is 0 Å². The summed E-state index contributed by atoms with van der Waals surface area (Å²) in [5.41, 5.74) is 3.08. The molecule has 0 amide bonds. The van der Waals surface area contributed by atoms with Crippen LogP contribution in [0.3, 0.4) is 0 Å². The van der Waals surface area contributed by atoms with Gasteiger partial charge in [-0.25, -0.2) is 0 Å². The summed E-state index contributed by atoms with van der Waals surface area (Å²) in [5.74, 6) is 1.00. The van der Waals surface area contributed by atoms with Gasteiger partial charge in [0.2, 0.25) is 0 Å². The lowest BCUT2D eigenvalue weighted by atomic mass is 9.95. The Morgan fingerprint density at radius 2 is 1.91 bits per heavy atom. The van der Waals surface area contributed by atoms with Gasteiger partial charge in [-0.05, 0) is 29.3 Å². The first-order valence-electron chi connectivity index (χ1n) is 11.1. The molecular formula is C27H25NO6. The molecule has 0 aliphatic carbocycles. The van der Waals surface area contributed by atoms with E-state index < -0.39 is 12.2 Å². The third kappa shape index (κ3) is 4.30. The Morgan fingerprint density at radius 3 is 2.71 bits per heavy atom. The van der Waals surface area contributed by atoms with Gasteiger partial charge < -0.3 is 29.4 Å². The smallest absolute Gasteiger partial charge is 0.174 e. The molecule has 0 radical (unpaired) electrons. The lowest BCUT2D eigenvalue weighted by Gasteiger charge is -2.26. The average Bonchev–Trinajstić information content (AvgIpc) is 3.25. The average molecular weight is 459 g/mol. The number of hydrogen-bond acceptors (Lipinski definition) is 6. The number of Topliss-reactive ketones (excluding diaryl/α,β-unsaturated/α-hetero) is 1. The molecule has 34 heavy (non-hydrogen) atoms. The van der Waals surface area contributed by atoms with Gasteiger partial charge >= 0.3 is 0 Å². The van der Waals surface area contributed by atoms with Crippen molar-refractivity contribution in [1.29, 1.82) is 0 Å². The Bertz CT molecular complexity index is 1330. The molecule has 7 nitrogen and oxygen atoms in total. The molecule has 7 heteroatoms. The van der Waals surface area contributed by atoms with Crippen LogP contribution in [-0.4, -0.2) is 40.8 Å². The van der Waals surface area contributed by atoms with Crippen LogP contribution in [0.15, 0.2) is 66.9 Å². The molecule has 1 aromatic heterocycles. The Kier molecular flexibility index (Phi) is 5.86. The van der Waals surface area contributed by atoms with Crippen LogP contribution in [0.25, 0.3) is 10.9 Å². The van der Waals surface area contributed by atoms with E-state index in [1.165, 1.54) is 13.2 Å². The number of carbonyl (C=O) groups is 1. The third-order valence-electron chi connectivity index (χ3n) is 6.03. The van der Waals surface area contributed by atoms with Gasteiger partial charge in [-0.15, -0.1) is 0 Å². The molecule has 0 spiro atoms. The number of rotatable bonds is 7. The summed E-state index contributed by atoms with van der Waals surface area (Å²) in [6.07, 6.45) is 1.39. The maximum Gasteiger partial charge on any atom is 0.174 e. The summed E-state index contributed by atoms with van der Waals surface area (Å²) in [5, 5.41) is 21.7. The number of aromatic nitrogens is 1. The van der Waals surface area contributed by atoms with E-state index in [1.807, 2.05) is 42.6 Å². The number of aromatic hydroxyl groups is 1. The van der Waals surface area contributed by atoms with Crippen molar-refractivity contribution in [2.75, 3.05) is 13.7 Å². The molecule has 2 heterocycles. The maximum atomic E-state index is 12.6. The van der Waals surface area contributed by atoms with Gasteiger partial charge in [-0.1, -0.05) is 30.3 Å². The zero-order chi connectivity index (χ0) is 23.7. The number of fused-ring (bicyclic) bond motifs is 2. The number of ketones is 1. The molecule has 1 aliphatic rings. The standard InChI is InChI=1S/C27H25NO6/c1-32-20-11-23(30)27-24(31)13-25(34-26(27)12-20)16-6-8-19(9-7-16)33-15-18(29)10-17-14-28-22-5-3-2-4-21(17)22/h2-9,11-12,14,18,25,28-30H,10,13,15H2,1H3/t18?,25-/m0/s1. The van der Waals surface area contributed by atoms with Crippen molar-refractivity contribution in [2.24, 2.45) is 0 Å². The van der Waals surface area contributed by atoms with E-state index in [-0.39, 0.29) is 30.1 Å². The second-order valence-corrected chi connectivity index (χ2v) is 8.35. The molecule has 2 atom stereocenters. The van der Waals surface area contributed by atoms with Crippen molar-refractivity contribution in [1.82, 2.24) is 4.98 Å². The van der Waals surface area contributed by atoms with Gasteiger partial charge in [-0.3, -0.25) is 4.79 Å². The summed E-state index contributed by atoms with van der Waals surface area (Å²) in [7, 11) is 1.49. The first-order chi connectivity index (χ1) is 16.5. The van der Waals surface area contributed by atoms with E-state index in [9.17, 15) is 15.0 Å². The second kappa shape index (κ2) is 9.11. The minimum Gasteiger partial charge on any atom is -0.507 e. The zero-order valence-corrected chi connectivity index (χ0v) is 18.7. The first-order valence-corrected chi connectivity index (χ1v) is 11.1. The highest BCUT2D eigenvalue weighted by atomic mass is 16.5. The minimum absolute atomic E-state index is 0.121. The normalized spacial score (nSPS) is 16.1. The van der Waals surface area contributed by atoms with Crippen LogP contribution in [0.2, 0.25) is 0 Å². The third-order valence-corrected chi connectivity index (χ3v) is 6.03. The lowest BCUT2D eigenvalue weighted by Crippen LogP contribution is -2.21. The van der Waals surface area contributed by atoms with Crippen LogP contribution in [0.1, 0.15) is 34.0 Å². The fraction of sp³-hybridized carbons (Fsp3) is 0.222. The number of phenolic OH excluding ortho intramolecular Hbond substituents is 1. The van der Waals surface area contributed by atoms with E-state index in [1.54, 1.807) is 18.2 Å². The molecule has 5 rings (SSSR count). The van der Waals surface area contributed by atoms with Crippen LogP contribution < -0.4 is 14.2 Å². The quantitative estimate of drug-likeness (QED) is 0.374. The number of hydrogen-bond donors (Lipinski definition) is 3. The lowest BCUT2D eigenvalue weighted by molar-refractivity contribution is 0.0844. The number of ether oxygens (including phenoxy) is 3. The Morgan fingerprint density at radius 1 is 1.12 bits per heavy atom. The number of benzene rings is 3. The molecule has 0 saturated heterocycles. The number of phenols is 1. The highest BCUT2D eigenvalue weighted by molar-refractivity contribution is 6.02. The fourth-order valence-electron chi connectivity index (χ4n) is 4.30. The molecule has 1 aliphatic heterocycles. The van der Waals surface area contributed by atoms with Crippen LogP contribution in [-0.2, 0) is 6.42 Å². The predicted molar refractivity (Wildman–Crippen MR) is 127 cm³/mol.